The molecule has 0 unspecified atom stereocenters. The summed E-state index contributed by atoms with van der Waals surface area (Å²) < 4.78 is 7.54. The molecule has 0 bridgehead atoms. The normalized spacial score (nSPS) is 16.5. The molecule has 1 fully saturated rings. The molecule has 0 atom stereocenters. The molecule has 7 nitrogen and oxygen atoms in total. The maximum absolute atomic E-state index is 13.2. The number of carbonyl (C=O) groups excluding carboxylic acids is 1. The fraction of sp³-hybridized carbons (Fsp3) is 0.577. The lowest BCUT2D eigenvalue weighted by Crippen LogP contribution is -2.36. The minimum atomic E-state index is -0.0522. The van der Waals surface area contributed by atoms with E-state index in [0.29, 0.717) is 36.3 Å². The third-order valence-corrected chi connectivity index (χ3v) is 7.10. The van der Waals surface area contributed by atoms with Gasteiger partial charge in [-0.2, -0.15) is 0 Å². The number of benzene rings is 1. The van der Waals surface area contributed by atoms with Crippen LogP contribution in [-0.4, -0.2) is 48.3 Å². The molecule has 1 aliphatic carbocycles. The van der Waals surface area contributed by atoms with E-state index in [0.717, 1.165) is 56.5 Å². The van der Waals surface area contributed by atoms with Crippen LogP contribution in [0.5, 0.6) is 0 Å². The second-order valence-electron chi connectivity index (χ2n) is 9.24. The first kappa shape index (κ1) is 24.7. The van der Waals surface area contributed by atoms with Crippen LogP contribution in [0.15, 0.2) is 34.6 Å². The third-order valence-electron chi connectivity index (χ3n) is 6.78. The number of nitrogens with zero attached hydrogens (tertiary/aromatic N) is 2. The van der Waals surface area contributed by atoms with Crippen LogP contribution in [0, 0.1) is 4.77 Å². The van der Waals surface area contributed by atoms with E-state index >= 15 is 0 Å². The molecular formula is C26H36N4O3S. The molecule has 1 saturated heterocycles. The number of hydrogen-bond donors (Lipinski definition) is 2. The largest absolute Gasteiger partial charge is 0.378 e. The van der Waals surface area contributed by atoms with Crippen molar-refractivity contribution in [3.8, 4) is 0 Å². The van der Waals surface area contributed by atoms with Gasteiger partial charge in [0.15, 0.2) is 4.77 Å². The maximum atomic E-state index is 13.2. The summed E-state index contributed by atoms with van der Waals surface area (Å²) in [4.78, 5) is 30.7. The standard InChI is InChI=1S/C26H36N4O3S/c31-24(27-13-12-20-7-3-1-4-8-20)9-5-2-6-14-30-25(32)22-19-21(29-15-17-33-18-16-29)10-11-23(22)28-26(30)34/h7,10-11,19H,1-6,8-9,12-18H2,(H,27,31)(H,28,34). The Morgan fingerprint density at radius 1 is 1.15 bits per heavy atom. The minimum Gasteiger partial charge on any atom is -0.378 e. The summed E-state index contributed by atoms with van der Waals surface area (Å²) in [6.07, 6.45) is 11.3. The van der Waals surface area contributed by atoms with Gasteiger partial charge in [-0.3, -0.25) is 14.2 Å². The van der Waals surface area contributed by atoms with Crippen molar-refractivity contribution in [2.45, 2.75) is 64.3 Å². The van der Waals surface area contributed by atoms with E-state index in [9.17, 15) is 9.59 Å². The topological polar surface area (TPSA) is 79.4 Å². The number of carbonyl (C=O) groups is 1. The van der Waals surface area contributed by atoms with Gasteiger partial charge in [-0.25, -0.2) is 0 Å². The second-order valence-corrected chi connectivity index (χ2v) is 9.62. The summed E-state index contributed by atoms with van der Waals surface area (Å²) in [6, 6.07) is 5.92. The van der Waals surface area contributed by atoms with Crippen LogP contribution in [0.25, 0.3) is 10.9 Å². The van der Waals surface area contributed by atoms with Gasteiger partial charge >= 0.3 is 0 Å². The first-order chi connectivity index (χ1) is 16.6. The Morgan fingerprint density at radius 2 is 2.00 bits per heavy atom. The molecule has 2 aromatic rings. The summed E-state index contributed by atoms with van der Waals surface area (Å²) in [5, 5.41) is 3.70. The van der Waals surface area contributed by atoms with Gasteiger partial charge in [0.05, 0.1) is 24.1 Å². The van der Waals surface area contributed by atoms with E-state index in [4.69, 9.17) is 17.0 Å². The molecule has 2 N–H and O–H groups in total. The zero-order chi connectivity index (χ0) is 23.8. The number of ether oxygens (including phenoxy) is 1. The lowest BCUT2D eigenvalue weighted by molar-refractivity contribution is -0.121. The molecule has 1 aromatic carbocycles. The van der Waals surface area contributed by atoms with Crippen molar-refractivity contribution in [1.29, 1.82) is 0 Å². The zero-order valence-corrected chi connectivity index (χ0v) is 20.8. The van der Waals surface area contributed by atoms with Crippen molar-refractivity contribution < 1.29 is 9.53 Å². The van der Waals surface area contributed by atoms with Gasteiger partial charge in [-0.15, -0.1) is 0 Å². The van der Waals surface area contributed by atoms with Gasteiger partial charge in [0.25, 0.3) is 5.56 Å². The number of aromatic nitrogens is 2. The van der Waals surface area contributed by atoms with Crippen LogP contribution in [0.4, 0.5) is 5.69 Å². The number of H-pyrrole nitrogens is 1. The SMILES string of the molecule is O=C(CCCCCn1c(=S)[nH]c2ccc(N3CCOCC3)cc2c1=O)NCCC1=CCCCC1. The van der Waals surface area contributed by atoms with Gasteiger partial charge in [0.1, 0.15) is 0 Å². The number of amides is 1. The number of rotatable bonds is 10. The summed E-state index contributed by atoms with van der Waals surface area (Å²) >= 11 is 5.46. The van der Waals surface area contributed by atoms with E-state index in [2.05, 4.69) is 21.3 Å². The fourth-order valence-corrected chi connectivity index (χ4v) is 5.06. The number of nitrogens with one attached hydrogen (secondary N) is 2. The van der Waals surface area contributed by atoms with E-state index in [1.54, 1.807) is 4.57 Å². The molecule has 184 valence electrons. The average molecular weight is 485 g/mol. The highest BCUT2D eigenvalue weighted by Crippen LogP contribution is 2.21. The molecule has 8 heteroatoms. The molecule has 1 aliphatic heterocycles. The van der Waals surface area contributed by atoms with E-state index in [1.807, 2.05) is 18.2 Å². The molecule has 0 radical (unpaired) electrons. The lowest BCUT2D eigenvalue weighted by Gasteiger charge is -2.29. The van der Waals surface area contributed by atoms with Crippen molar-refractivity contribution in [2.75, 3.05) is 37.7 Å². The van der Waals surface area contributed by atoms with E-state index in [1.165, 1.54) is 31.3 Å². The second kappa shape index (κ2) is 12.3. The summed E-state index contributed by atoms with van der Waals surface area (Å²) in [5.74, 6) is 0.118. The van der Waals surface area contributed by atoms with Crippen molar-refractivity contribution in [3.63, 3.8) is 0 Å². The Balaban J connectivity index is 1.25. The van der Waals surface area contributed by atoms with Gasteiger partial charge in [-0.05, 0) is 75.4 Å². The summed E-state index contributed by atoms with van der Waals surface area (Å²) in [5.41, 5.74) is 3.24. The summed E-state index contributed by atoms with van der Waals surface area (Å²) in [7, 11) is 0. The number of hydrogen-bond acceptors (Lipinski definition) is 5. The molecule has 1 amide bonds. The Kier molecular flexibility index (Phi) is 8.93. The number of fused-ring (bicyclic) bond motifs is 1. The Morgan fingerprint density at radius 3 is 2.79 bits per heavy atom. The van der Waals surface area contributed by atoms with Gasteiger partial charge < -0.3 is 19.9 Å². The molecule has 0 spiro atoms. The molecule has 34 heavy (non-hydrogen) atoms. The van der Waals surface area contributed by atoms with Crippen LogP contribution in [-0.2, 0) is 16.1 Å². The highest BCUT2D eigenvalue weighted by Gasteiger charge is 2.13. The Labute approximate surface area is 206 Å². The fourth-order valence-electron chi connectivity index (χ4n) is 4.77. The van der Waals surface area contributed by atoms with Crippen LogP contribution < -0.4 is 15.8 Å². The molecule has 1 aromatic heterocycles. The number of unbranched alkanes of at least 4 members (excludes halogenated alkanes) is 2. The Hall–Kier alpha value is -2.45. The van der Waals surface area contributed by atoms with Crippen LogP contribution >= 0.6 is 12.2 Å². The number of aromatic amines is 1. The van der Waals surface area contributed by atoms with Crippen LogP contribution in [0.3, 0.4) is 0 Å². The number of morpholine rings is 1. The first-order valence-corrected chi connectivity index (χ1v) is 13.1. The van der Waals surface area contributed by atoms with Crippen molar-refractivity contribution >= 4 is 34.7 Å². The Bertz CT molecular complexity index is 1130. The van der Waals surface area contributed by atoms with Crippen molar-refractivity contribution in [1.82, 2.24) is 14.9 Å². The molecule has 2 aliphatic rings. The summed E-state index contributed by atoms with van der Waals surface area (Å²) in [6.45, 7) is 4.35. The molecular weight excluding hydrogens is 448 g/mol. The molecule has 4 rings (SSSR count). The minimum absolute atomic E-state index is 0.0522. The quantitative estimate of drug-likeness (QED) is 0.296. The molecule has 0 saturated carbocycles. The predicted octanol–water partition coefficient (Wildman–Crippen LogP) is 4.46. The van der Waals surface area contributed by atoms with Crippen LogP contribution in [0.2, 0.25) is 0 Å². The maximum Gasteiger partial charge on any atom is 0.262 e. The number of anilines is 1. The number of allylic oxidation sites excluding steroid dienone is 1. The third kappa shape index (κ3) is 6.57. The molecule has 2 heterocycles. The zero-order valence-electron chi connectivity index (χ0n) is 19.9. The average Bonchev–Trinajstić information content (AvgIpc) is 2.86. The first-order valence-electron chi connectivity index (χ1n) is 12.7. The van der Waals surface area contributed by atoms with E-state index < -0.39 is 0 Å². The van der Waals surface area contributed by atoms with Gasteiger partial charge in [0, 0.05) is 38.3 Å². The van der Waals surface area contributed by atoms with Gasteiger partial charge in [-0.1, -0.05) is 18.1 Å². The van der Waals surface area contributed by atoms with E-state index in [-0.39, 0.29) is 11.5 Å². The van der Waals surface area contributed by atoms with Gasteiger partial charge in [0.2, 0.25) is 5.91 Å². The highest BCUT2D eigenvalue weighted by atomic mass is 32.1. The predicted molar refractivity (Wildman–Crippen MR) is 139 cm³/mol. The lowest BCUT2D eigenvalue weighted by atomic mass is 9.97. The highest BCUT2D eigenvalue weighted by molar-refractivity contribution is 7.71. The van der Waals surface area contributed by atoms with Crippen molar-refractivity contribution in [3.05, 3.63) is 45.0 Å². The van der Waals surface area contributed by atoms with Crippen molar-refractivity contribution in [2.24, 2.45) is 0 Å². The monoisotopic (exact) mass is 484 g/mol. The smallest absolute Gasteiger partial charge is 0.262 e. The van der Waals surface area contributed by atoms with Crippen LogP contribution in [0.1, 0.15) is 57.8 Å².